The Labute approximate surface area is 233 Å². The Morgan fingerprint density at radius 3 is 1.54 bits per heavy atom. The first-order valence-electron chi connectivity index (χ1n) is 12.5. The van der Waals surface area contributed by atoms with Crippen molar-refractivity contribution >= 4 is 25.7 Å². The lowest BCUT2D eigenvalue weighted by Crippen LogP contribution is -2.63. The predicted molar refractivity (Wildman–Crippen MR) is 145 cm³/mol. The standard InChI is InChI=1S/C29H31ClO8S/c1-34-29(31)28-27(37-19-23-15-9-4-10-16-23)26(36-18-22-13-7-3-8-14-22)25(24(38-28)20-39(30,32)33)35-17-21-11-5-2-6-12-21/h2-16,24-28H,17-20H2,1H3/t24-,25?,26-,27-,28?/m0/s1. The third-order valence-electron chi connectivity index (χ3n) is 6.29. The summed E-state index contributed by atoms with van der Waals surface area (Å²) in [5.74, 6) is -1.32. The molecule has 2 unspecified atom stereocenters. The highest BCUT2D eigenvalue weighted by Crippen LogP contribution is 2.32. The van der Waals surface area contributed by atoms with E-state index in [2.05, 4.69) is 0 Å². The SMILES string of the molecule is COC(=O)C1O[C@@H](CS(=O)(=O)Cl)C(OCc2ccccc2)[C@H](OCc2ccccc2)[C@@H]1OCc1ccccc1. The molecule has 3 aromatic carbocycles. The number of rotatable bonds is 12. The topological polar surface area (TPSA) is 97.4 Å². The molecule has 1 fully saturated rings. The first-order valence-corrected chi connectivity index (χ1v) is 14.9. The van der Waals surface area contributed by atoms with Crippen LogP contribution in [-0.4, -0.2) is 57.8 Å². The fraction of sp³-hybridized carbons (Fsp3) is 0.345. The Morgan fingerprint density at radius 2 is 1.13 bits per heavy atom. The largest absolute Gasteiger partial charge is 0.467 e. The maximum atomic E-state index is 12.9. The van der Waals surface area contributed by atoms with Crippen molar-refractivity contribution in [3.05, 3.63) is 108 Å². The highest BCUT2D eigenvalue weighted by atomic mass is 35.7. The van der Waals surface area contributed by atoms with Crippen LogP contribution < -0.4 is 0 Å². The molecule has 0 spiro atoms. The number of hydrogen-bond donors (Lipinski definition) is 0. The number of benzene rings is 3. The van der Waals surface area contributed by atoms with Gasteiger partial charge in [-0.3, -0.25) is 0 Å². The Morgan fingerprint density at radius 1 is 0.718 bits per heavy atom. The van der Waals surface area contributed by atoms with Crippen LogP contribution in [0.4, 0.5) is 0 Å². The molecule has 1 heterocycles. The van der Waals surface area contributed by atoms with Gasteiger partial charge in [0.2, 0.25) is 9.05 Å². The van der Waals surface area contributed by atoms with E-state index in [4.69, 9.17) is 34.4 Å². The van der Waals surface area contributed by atoms with E-state index in [9.17, 15) is 13.2 Å². The minimum atomic E-state index is -4.04. The van der Waals surface area contributed by atoms with E-state index in [1.165, 1.54) is 7.11 Å². The number of hydrogen-bond acceptors (Lipinski definition) is 8. The summed E-state index contributed by atoms with van der Waals surface area (Å²) in [5.41, 5.74) is 2.61. The van der Waals surface area contributed by atoms with Gasteiger partial charge >= 0.3 is 5.97 Å². The minimum absolute atomic E-state index is 0.146. The second kappa shape index (κ2) is 14.0. The number of carbonyl (C=O) groups is 1. The molecular weight excluding hydrogens is 544 g/mol. The van der Waals surface area contributed by atoms with Gasteiger partial charge in [0, 0.05) is 10.7 Å². The van der Waals surface area contributed by atoms with E-state index in [0.29, 0.717) is 0 Å². The van der Waals surface area contributed by atoms with Crippen LogP contribution in [0, 0.1) is 0 Å². The third-order valence-corrected chi connectivity index (χ3v) is 7.39. The van der Waals surface area contributed by atoms with Crippen molar-refractivity contribution in [3.63, 3.8) is 0 Å². The van der Waals surface area contributed by atoms with Crippen LogP contribution >= 0.6 is 10.7 Å². The monoisotopic (exact) mass is 574 g/mol. The van der Waals surface area contributed by atoms with Crippen molar-refractivity contribution in [2.24, 2.45) is 0 Å². The lowest BCUT2D eigenvalue weighted by atomic mass is 9.94. The van der Waals surface area contributed by atoms with Crippen LogP contribution in [0.2, 0.25) is 0 Å². The summed E-state index contributed by atoms with van der Waals surface area (Å²) in [7, 11) is 2.84. The van der Waals surface area contributed by atoms with Crippen LogP contribution in [0.15, 0.2) is 91.0 Å². The van der Waals surface area contributed by atoms with E-state index in [-0.39, 0.29) is 19.8 Å². The van der Waals surface area contributed by atoms with Crippen molar-refractivity contribution in [1.82, 2.24) is 0 Å². The van der Waals surface area contributed by atoms with E-state index in [0.717, 1.165) is 16.7 Å². The number of methoxy groups -OCH3 is 1. The highest BCUT2D eigenvalue weighted by molar-refractivity contribution is 8.13. The molecule has 39 heavy (non-hydrogen) atoms. The fourth-order valence-electron chi connectivity index (χ4n) is 4.42. The summed E-state index contributed by atoms with van der Waals surface area (Å²) in [6.07, 6.45) is -5.23. The van der Waals surface area contributed by atoms with Crippen LogP contribution in [0.1, 0.15) is 16.7 Å². The molecule has 0 amide bonds. The normalized spacial score (nSPS) is 23.3. The quantitative estimate of drug-likeness (QED) is 0.234. The van der Waals surface area contributed by atoms with Crippen molar-refractivity contribution in [2.45, 2.75) is 50.3 Å². The second-order valence-electron chi connectivity index (χ2n) is 9.11. The van der Waals surface area contributed by atoms with Gasteiger partial charge in [0.1, 0.15) is 24.4 Å². The van der Waals surface area contributed by atoms with Gasteiger partial charge < -0.3 is 23.7 Å². The molecule has 1 saturated heterocycles. The van der Waals surface area contributed by atoms with Crippen LogP contribution in [-0.2, 0) is 57.4 Å². The molecule has 1 aliphatic heterocycles. The lowest BCUT2D eigenvalue weighted by molar-refractivity contribution is -0.261. The van der Waals surface area contributed by atoms with Gasteiger partial charge in [0.05, 0.1) is 32.7 Å². The zero-order valence-electron chi connectivity index (χ0n) is 21.4. The fourth-order valence-corrected chi connectivity index (χ4v) is 5.46. The highest BCUT2D eigenvalue weighted by Gasteiger charge is 2.52. The van der Waals surface area contributed by atoms with E-state index in [1.54, 1.807) is 0 Å². The molecule has 0 saturated carbocycles. The molecule has 0 bridgehead atoms. The third kappa shape index (κ3) is 8.60. The summed E-state index contributed by atoms with van der Waals surface area (Å²) < 4.78 is 54.3. The molecule has 0 aromatic heterocycles. The molecule has 3 aromatic rings. The Balaban J connectivity index is 1.69. The first-order chi connectivity index (χ1) is 18.8. The Hall–Kier alpha value is -2.79. The molecule has 0 aliphatic carbocycles. The van der Waals surface area contributed by atoms with Crippen molar-refractivity contribution in [2.75, 3.05) is 12.9 Å². The summed E-state index contributed by atoms with van der Waals surface area (Å²) in [5, 5.41) is 0. The summed E-state index contributed by atoms with van der Waals surface area (Å²) in [6.45, 7) is 0.459. The Kier molecular flexibility index (Phi) is 10.5. The number of halogens is 1. The average molecular weight is 575 g/mol. The average Bonchev–Trinajstić information content (AvgIpc) is 2.95. The predicted octanol–water partition coefficient (Wildman–Crippen LogP) is 4.25. The molecule has 0 N–H and O–H groups in total. The zero-order chi connectivity index (χ0) is 27.7. The van der Waals surface area contributed by atoms with Gasteiger partial charge in [-0.25, -0.2) is 13.2 Å². The molecule has 4 rings (SSSR count). The van der Waals surface area contributed by atoms with Crippen molar-refractivity contribution in [3.8, 4) is 0 Å². The van der Waals surface area contributed by atoms with Crippen molar-refractivity contribution < 1.29 is 36.9 Å². The van der Waals surface area contributed by atoms with Gasteiger partial charge in [0.15, 0.2) is 6.10 Å². The van der Waals surface area contributed by atoms with Crippen molar-refractivity contribution in [1.29, 1.82) is 0 Å². The number of carbonyl (C=O) groups excluding carboxylic acids is 1. The number of ether oxygens (including phenoxy) is 5. The molecule has 0 radical (unpaired) electrons. The summed E-state index contributed by atoms with van der Waals surface area (Å²) in [6, 6.07) is 28.3. The van der Waals surface area contributed by atoms with E-state index >= 15 is 0 Å². The summed E-state index contributed by atoms with van der Waals surface area (Å²) in [4.78, 5) is 12.9. The Bertz CT molecular complexity index is 1270. The molecular formula is C29H31ClO8S. The van der Waals surface area contributed by atoms with E-state index < -0.39 is 51.3 Å². The van der Waals surface area contributed by atoms with Gasteiger partial charge in [0.25, 0.3) is 0 Å². The smallest absolute Gasteiger partial charge is 0.337 e. The van der Waals surface area contributed by atoms with Crippen LogP contribution in [0.5, 0.6) is 0 Å². The molecule has 5 atom stereocenters. The molecule has 10 heteroatoms. The van der Waals surface area contributed by atoms with Gasteiger partial charge in [-0.2, -0.15) is 0 Å². The molecule has 1 aliphatic rings. The lowest BCUT2D eigenvalue weighted by Gasteiger charge is -2.45. The molecule has 208 valence electrons. The van der Waals surface area contributed by atoms with Gasteiger partial charge in [-0.05, 0) is 16.7 Å². The van der Waals surface area contributed by atoms with Crippen LogP contribution in [0.3, 0.4) is 0 Å². The van der Waals surface area contributed by atoms with Gasteiger partial charge in [-0.1, -0.05) is 91.0 Å². The second-order valence-corrected chi connectivity index (χ2v) is 11.9. The maximum Gasteiger partial charge on any atom is 0.337 e. The molecule has 8 nitrogen and oxygen atoms in total. The van der Waals surface area contributed by atoms with E-state index in [1.807, 2.05) is 91.0 Å². The first kappa shape index (κ1) is 29.2. The van der Waals surface area contributed by atoms with Gasteiger partial charge in [-0.15, -0.1) is 0 Å². The maximum absolute atomic E-state index is 12.9. The van der Waals surface area contributed by atoms with Crippen LogP contribution in [0.25, 0.3) is 0 Å². The zero-order valence-corrected chi connectivity index (χ0v) is 23.0. The summed E-state index contributed by atoms with van der Waals surface area (Å²) >= 11 is 0. The minimum Gasteiger partial charge on any atom is -0.467 e. The number of esters is 1.